The van der Waals surface area contributed by atoms with Gasteiger partial charge in [-0.2, -0.15) is 0 Å². The quantitative estimate of drug-likeness (QED) is 0.774. The largest absolute Gasteiger partial charge is 0.338 e. The Morgan fingerprint density at radius 1 is 1.24 bits per heavy atom. The first-order chi connectivity index (χ1) is 8.13. The molecule has 1 aliphatic rings. The molecule has 1 fully saturated rings. The fourth-order valence-electron chi connectivity index (χ4n) is 2.25. The molecule has 1 rings (SSSR count). The normalized spacial score (nSPS) is 16.9. The molecule has 5 heteroatoms. The molecule has 0 bridgehead atoms. The molecule has 2 N–H and O–H groups in total. The fourth-order valence-corrected chi connectivity index (χ4v) is 2.25. The van der Waals surface area contributed by atoms with Gasteiger partial charge in [-0.25, -0.2) is 4.79 Å². The van der Waals surface area contributed by atoms with Crippen molar-refractivity contribution in [2.24, 2.45) is 0 Å². The Labute approximate surface area is 103 Å². The van der Waals surface area contributed by atoms with Crippen LogP contribution in [0.2, 0.25) is 0 Å². The van der Waals surface area contributed by atoms with Gasteiger partial charge in [0.25, 0.3) is 0 Å². The zero-order valence-corrected chi connectivity index (χ0v) is 10.8. The second kappa shape index (κ2) is 7.27. The third kappa shape index (κ3) is 5.17. The van der Waals surface area contributed by atoms with E-state index in [-0.39, 0.29) is 5.91 Å². The molecule has 0 radical (unpaired) electrons. The summed E-state index contributed by atoms with van der Waals surface area (Å²) < 4.78 is 0. The summed E-state index contributed by atoms with van der Waals surface area (Å²) in [6.07, 6.45) is 6.10. The Balaban J connectivity index is 2.26. The van der Waals surface area contributed by atoms with Crippen molar-refractivity contribution in [2.75, 3.05) is 20.1 Å². The van der Waals surface area contributed by atoms with Crippen molar-refractivity contribution < 1.29 is 9.59 Å². The van der Waals surface area contributed by atoms with Crippen molar-refractivity contribution in [3.63, 3.8) is 0 Å². The molecule has 0 aromatic heterocycles. The second-order valence-corrected chi connectivity index (χ2v) is 4.61. The lowest BCUT2D eigenvalue weighted by molar-refractivity contribution is -0.121. The molecule has 3 amide bonds. The minimum atomic E-state index is -0.408. The molecule has 0 spiro atoms. The smallest absolute Gasteiger partial charge is 0.321 e. The number of nitrogens with one attached hydrogen (secondary N) is 2. The highest BCUT2D eigenvalue weighted by atomic mass is 16.2. The van der Waals surface area contributed by atoms with Gasteiger partial charge in [0.1, 0.15) is 0 Å². The van der Waals surface area contributed by atoms with Crippen molar-refractivity contribution in [1.29, 1.82) is 0 Å². The Bertz CT molecular complexity index is 262. The zero-order valence-electron chi connectivity index (χ0n) is 10.8. The summed E-state index contributed by atoms with van der Waals surface area (Å²) in [5, 5.41) is 4.86. The molecule has 0 unspecified atom stereocenters. The number of hydrogen-bond donors (Lipinski definition) is 2. The molecular weight excluding hydrogens is 218 g/mol. The van der Waals surface area contributed by atoms with Crippen LogP contribution in [-0.4, -0.2) is 43.0 Å². The van der Waals surface area contributed by atoms with Gasteiger partial charge in [-0.1, -0.05) is 19.3 Å². The van der Waals surface area contributed by atoms with E-state index in [0.29, 0.717) is 19.1 Å². The molecule has 0 aliphatic heterocycles. The maximum atomic E-state index is 11.6. The van der Waals surface area contributed by atoms with Crippen molar-refractivity contribution in [3.05, 3.63) is 0 Å². The second-order valence-electron chi connectivity index (χ2n) is 4.61. The number of nitrogens with zero attached hydrogens (tertiary/aromatic N) is 1. The average molecular weight is 241 g/mol. The first-order valence-corrected chi connectivity index (χ1v) is 6.41. The first kappa shape index (κ1) is 14.0. The number of rotatable bonds is 4. The SMILES string of the molecule is CCNC(=O)NC(=O)CN(C)C1CCCCC1. The molecule has 0 heterocycles. The first-order valence-electron chi connectivity index (χ1n) is 6.41. The summed E-state index contributed by atoms with van der Waals surface area (Å²) in [7, 11) is 1.95. The molecule has 98 valence electrons. The highest BCUT2D eigenvalue weighted by Gasteiger charge is 2.20. The summed E-state index contributed by atoms with van der Waals surface area (Å²) in [5.74, 6) is -0.232. The van der Waals surface area contributed by atoms with Crippen LogP contribution in [0.15, 0.2) is 0 Å². The third-order valence-electron chi connectivity index (χ3n) is 3.18. The summed E-state index contributed by atoms with van der Waals surface area (Å²) in [6.45, 7) is 2.64. The summed E-state index contributed by atoms with van der Waals surface area (Å²) in [6, 6.07) is 0.0817. The topological polar surface area (TPSA) is 61.4 Å². The van der Waals surface area contributed by atoms with Crippen LogP contribution in [0, 0.1) is 0 Å². The Kier molecular flexibility index (Phi) is 5.97. The van der Waals surface area contributed by atoms with Crippen LogP contribution in [0.1, 0.15) is 39.0 Å². The van der Waals surface area contributed by atoms with Gasteiger partial charge >= 0.3 is 6.03 Å². The van der Waals surface area contributed by atoms with Crippen LogP contribution in [0.4, 0.5) is 4.79 Å². The minimum Gasteiger partial charge on any atom is -0.338 e. The maximum Gasteiger partial charge on any atom is 0.321 e. The number of imide groups is 1. The number of likely N-dealkylation sites (N-methyl/N-ethyl adjacent to an activating group) is 1. The fraction of sp³-hybridized carbons (Fsp3) is 0.833. The van der Waals surface area contributed by atoms with Crippen molar-refractivity contribution in [3.8, 4) is 0 Å². The van der Waals surface area contributed by atoms with Gasteiger partial charge in [-0.05, 0) is 26.8 Å². The average Bonchev–Trinajstić information content (AvgIpc) is 2.30. The molecule has 5 nitrogen and oxygen atoms in total. The van der Waals surface area contributed by atoms with Crippen LogP contribution in [0.3, 0.4) is 0 Å². The van der Waals surface area contributed by atoms with Crippen LogP contribution in [-0.2, 0) is 4.79 Å². The summed E-state index contributed by atoms with van der Waals surface area (Å²) in [5.41, 5.74) is 0. The van der Waals surface area contributed by atoms with Crippen LogP contribution in [0.25, 0.3) is 0 Å². The number of hydrogen-bond acceptors (Lipinski definition) is 3. The standard InChI is InChI=1S/C12H23N3O2/c1-3-13-12(17)14-11(16)9-15(2)10-7-5-4-6-8-10/h10H,3-9H2,1-2H3,(H2,13,14,16,17). The Hall–Kier alpha value is -1.10. The van der Waals surface area contributed by atoms with E-state index in [1.807, 2.05) is 18.9 Å². The molecule has 0 aromatic carbocycles. The van der Waals surface area contributed by atoms with Gasteiger partial charge in [0.05, 0.1) is 6.54 Å². The number of carbonyl (C=O) groups is 2. The van der Waals surface area contributed by atoms with Gasteiger partial charge in [-0.3, -0.25) is 15.0 Å². The van der Waals surface area contributed by atoms with Crippen LogP contribution < -0.4 is 10.6 Å². The molecule has 1 saturated carbocycles. The Morgan fingerprint density at radius 3 is 2.47 bits per heavy atom. The van der Waals surface area contributed by atoms with Gasteiger partial charge in [0, 0.05) is 12.6 Å². The highest BCUT2D eigenvalue weighted by Crippen LogP contribution is 2.21. The lowest BCUT2D eigenvalue weighted by Gasteiger charge is -2.30. The predicted molar refractivity (Wildman–Crippen MR) is 66.7 cm³/mol. The van der Waals surface area contributed by atoms with E-state index >= 15 is 0 Å². The van der Waals surface area contributed by atoms with Crippen molar-refractivity contribution in [1.82, 2.24) is 15.5 Å². The van der Waals surface area contributed by atoms with Crippen molar-refractivity contribution >= 4 is 11.9 Å². The third-order valence-corrected chi connectivity index (χ3v) is 3.18. The van der Waals surface area contributed by atoms with Crippen molar-refractivity contribution in [2.45, 2.75) is 45.1 Å². The van der Waals surface area contributed by atoms with E-state index in [1.165, 1.54) is 19.3 Å². The number of amides is 3. The predicted octanol–water partition coefficient (Wildman–Crippen LogP) is 1.10. The monoisotopic (exact) mass is 241 g/mol. The van der Waals surface area contributed by atoms with Gasteiger partial charge in [-0.15, -0.1) is 0 Å². The van der Waals surface area contributed by atoms with E-state index in [2.05, 4.69) is 10.6 Å². The number of urea groups is 1. The van der Waals surface area contributed by atoms with E-state index in [1.54, 1.807) is 0 Å². The lowest BCUT2D eigenvalue weighted by Crippen LogP contribution is -2.46. The van der Waals surface area contributed by atoms with E-state index in [9.17, 15) is 9.59 Å². The highest BCUT2D eigenvalue weighted by molar-refractivity contribution is 5.95. The molecule has 0 aromatic rings. The molecule has 1 aliphatic carbocycles. The van der Waals surface area contributed by atoms with Crippen LogP contribution in [0.5, 0.6) is 0 Å². The van der Waals surface area contributed by atoms with Gasteiger partial charge in [0.15, 0.2) is 0 Å². The van der Waals surface area contributed by atoms with E-state index < -0.39 is 6.03 Å². The van der Waals surface area contributed by atoms with Gasteiger partial charge < -0.3 is 5.32 Å². The molecule has 17 heavy (non-hydrogen) atoms. The molecular formula is C12H23N3O2. The van der Waals surface area contributed by atoms with Gasteiger partial charge in [0.2, 0.25) is 5.91 Å². The van der Waals surface area contributed by atoms with E-state index in [4.69, 9.17) is 0 Å². The van der Waals surface area contributed by atoms with E-state index in [0.717, 1.165) is 12.8 Å². The number of carbonyl (C=O) groups excluding carboxylic acids is 2. The Morgan fingerprint density at radius 2 is 1.88 bits per heavy atom. The maximum absolute atomic E-state index is 11.6. The zero-order chi connectivity index (χ0) is 12.7. The van der Waals surface area contributed by atoms with Crippen LogP contribution >= 0.6 is 0 Å². The summed E-state index contributed by atoms with van der Waals surface area (Å²) >= 11 is 0. The molecule has 0 atom stereocenters. The molecule has 0 saturated heterocycles. The lowest BCUT2D eigenvalue weighted by atomic mass is 9.94. The summed E-state index contributed by atoms with van der Waals surface area (Å²) in [4.78, 5) is 24.8. The minimum absolute atomic E-state index is 0.232.